The van der Waals surface area contributed by atoms with Gasteiger partial charge < -0.3 is 15.5 Å². The van der Waals surface area contributed by atoms with Crippen molar-refractivity contribution >= 4 is 23.5 Å². The number of pyridine rings is 1. The molecule has 0 bridgehead atoms. The number of aliphatic carboxylic acids is 1. The average molecular weight is 259 g/mol. The molecule has 2 atom stereocenters. The van der Waals surface area contributed by atoms with Gasteiger partial charge in [-0.1, -0.05) is 11.6 Å². The lowest BCUT2D eigenvalue weighted by Crippen LogP contribution is -2.47. The van der Waals surface area contributed by atoms with Gasteiger partial charge in [0.1, 0.15) is 5.69 Å². The maximum absolute atomic E-state index is 11.6. The first-order chi connectivity index (χ1) is 7.91. The van der Waals surface area contributed by atoms with E-state index in [4.69, 9.17) is 16.7 Å². The smallest absolute Gasteiger partial charge is 0.328 e. The molecule has 1 aromatic heterocycles. The molecule has 0 spiro atoms. The second-order valence-corrected chi connectivity index (χ2v) is 3.83. The summed E-state index contributed by atoms with van der Waals surface area (Å²) in [7, 11) is 0. The third-order valence-corrected chi connectivity index (χ3v) is 2.22. The molecule has 0 unspecified atom stereocenters. The molecule has 1 rings (SSSR count). The molecule has 17 heavy (non-hydrogen) atoms. The van der Waals surface area contributed by atoms with Crippen molar-refractivity contribution in [3.05, 3.63) is 29.0 Å². The highest BCUT2D eigenvalue weighted by molar-refractivity contribution is 6.30. The van der Waals surface area contributed by atoms with E-state index in [-0.39, 0.29) is 5.69 Å². The Labute approximate surface area is 102 Å². The number of aliphatic hydroxyl groups excluding tert-OH is 1. The number of hydrogen-bond donors (Lipinski definition) is 3. The van der Waals surface area contributed by atoms with Gasteiger partial charge in [0.15, 0.2) is 6.04 Å². The maximum atomic E-state index is 11.6. The van der Waals surface area contributed by atoms with Gasteiger partial charge in [0.2, 0.25) is 0 Å². The molecule has 7 heteroatoms. The molecule has 6 nitrogen and oxygen atoms in total. The van der Waals surface area contributed by atoms with Crippen LogP contribution in [0.15, 0.2) is 18.3 Å². The average Bonchev–Trinajstić information content (AvgIpc) is 2.24. The Morgan fingerprint density at radius 2 is 2.18 bits per heavy atom. The number of hydrogen-bond acceptors (Lipinski definition) is 4. The van der Waals surface area contributed by atoms with Crippen LogP contribution in [0.1, 0.15) is 17.4 Å². The molecule has 1 heterocycles. The summed E-state index contributed by atoms with van der Waals surface area (Å²) in [5.74, 6) is -2.03. The van der Waals surface area contributed by atoms with Gasteiger partial charge in [-0.2, -0.15) is 0 Å². The summed E-state index contributed by atoms with van der Waals surface area (Å²) in [6.07, 6.45) is 0.116. The fourth-order valence-electron chi connectivity index (χ4n) is 1.13. The first-order valence-corrected chi connectivity index (χ1v) is 5.13. The molecule has 0 fully saturated rings. The summed E-state index contributed by atoms with van der Waals surface area (Å²) in [6.45, 7) is 1.27. The predicted octanol–water partition coefficient (Wildman–Crippen LogP) is 0.299. The third kappa shape index (κ3) is 3.69. The highest BCUT2D eigenvalue weighted by Crippen LogP contribution is 2.08. The minimum atomic E-state index is -1.39. The van der Waals surface area contributed by atoms with Crippen molar-refractivity contribution in [2.24, 2.45) is 0 Å². The van der Waals surface area contributed by atoms with Crippen molar-refractivity contribution in [1.82, 2.24) is 10.3 Å². The summed E-state index contributed by atoms with van der Waals surface area (Å²) in [4.78, 5) is 26.1. The number of amides is 1. The Balaban J connectivity index is 2.81. The van der Waals surface area contributed by atoms with E-state index in [9.17, 15) is 14.7 Å². The zero-order valence-corrected chi connectivity index (χ0v) is 9.68. The van der Waals surface area contributed by atoms with Crippen LogP contribution in [0, 0.1) is 0 Å². The lowest BCUT2D eigenvalue weighted by atomic mass is 10.2. The molecule has 92 valence electrons. The number of halogens is 1. The molecule has 0 saturated carbocycles. The van der Waals surface area contributed by atoms with Gasteiger partial charge in [-0.15, -0.1) is 0 Å². The number of nitrogens with one attached hydrogen (secondary N) is 1. The van der Waals surface area contributed by atoms with Crippen LogP contribution in [-0.2, 0) is 4.79 Å². The maximum Gasteiger partial charge on any atom is 0.328 e. The van der Waals surface area contributed by atoms with Gasteiger partial charge in [-0.3, -0.25) is 9.78 Å². The number of carboxylic acids is 1. The van der Waals surface area contributed by atoms with Crippen molar-refractivity contribution in [3.8, 4) is 0 Å². The molecule has 0 saturated heterocycles. The molecule has 3 N–H and O–H groups in total. The number of carbonyl (C=O) groups excluding carboxylic acids is 1. The number of rotatable bonds is 4. The van der Waals surface area contributed by atoms with Crippen molar-refractivity contribution in [1.29, 1.82) is 0 Å². The van der Waals surface area contributed by atoms with Gasteiger partial charge in [0, 0.05) is 11.2 Å². The van der Waals surface area contributed by atoms with E-state index in [0.717, 1.165) is 0 Å². The van der Waals surface area contributed by atoms with Gasteiger partial charge in [-0.25, -0.2) is 4.79 Å². The Morgan fingerprint density at radius 3 is 2.65 bits per heavy atom. The number of aromatic nitrogens is 1. The number of carboxylic acid groups (broad SMARTS) is 1. The molecule has 1 aromatic rings. The summed E-state index contributed by atoms with van der Waals surface area (Å²) in [5, 5.41) is 20.4. The second-order valence-electron chi connectivity index (χ2n) is 3.39. The number of nitrogens with zero attached hydrogens (tertiary/aromatic N) is 1. The van der Waals surface area contributed by atoms with Crippen LogP contribution >= 0.6 is 11.6 Å². The Kier molecular flexibility index (Phi) is 4.42. The lowest BCUT2D eigenvalue weighted by molar-refractivity contribution is -0.141. The summed E-state index contributed by atoms with van der Waals surface area (Å²) in [5.41, 5.74) is -0.00981. The zero-order chi connectivity index (χ0) is 13.0. The molecule has 0 aliphatic carbocycles. The van der Waals surface area contributed by atoms with Crippen molar-refractivity contribution in [3.63, 3.8) is 0 Å². The molecule has 1 amide bonds. The highest BCUT2D eigenvalue weighted by Gasteiger charge is 2.25. The molecular weight excluding hydrogens is 248 g/mol. The van der Waals surface area contributed by atoms with Gasteiger partial charge in [-0.05, 0) is 19.1 Å². The molecule has 0 aliphatic heterocycles. The summed E-state index contributed by atoms with van der Waals surface area (Å²) in [6, 6.07) is 1.41. The molecule has 0 radical (unpaired) electrons. The van der Waals surface area contributed by atoms with E-state index in [0.29, 0.717) is 5.02 Å². The van der Waals surface area contributed by atoms with Crippen LogP contribution in [0.25, 0.3) is 0 Å². The van der Waals surface area contributed by atoms with Gasteiger partial charge in [0.05, 0.1) is 6.10 Å². The first kappa shape index (κ1) is 13.4. The van der Waals surface area contributed by atoms with E-state index < -0.39 is 24.0 Å². The monoisotopic (exact) mass is 258 g/mol. The third-order valence-electron chi connectivity index (χ3n) is 1.99. The zero-order valence-electron chi connectivity index (χ0n) is 8.92. The normalized spacial score (nSPS) is 13.8. The Bertz CT molecular complexity index is 436. The molecule has 0 aliphatic rings. The topological polar surface area (TPSA) is 99.5 Å². The van der Waals surface area contributed by atoms with Crippen LogP contribution in [-0.4, -0.2) is 39.2 Å². The van der Waals surface area contributed by atoms with E-state index in [1.807, 2.05) is 0 Å². The highest BCUT2D eigenvalue weighted by atomic mass is 35.5. The second kappa shape index (κ2) is 5.60. The minimum Gasteiger partial charge on any atom is -0.480 e. The van der Waals surface area contributed by atoms with Crippen LogP contribution in [0.3, 0.4) is 0 Å². The Hall–Kier alpha value is -1.66. The van der Waals surface area contributed by atoms with E-state index >= 15 is 0 Å². The SMILES string of the molecule is C[C@@H](O)[C@H](NC(=O)c1cc(Cl)ccn1)C(=O)O. The lowest BCUT2D eigenvalue weighted by Gasteiger charge is -2.16. The van der Waals surface area contributed by atoms with Crippen LogP contribution in [0.4, 0.5) is 0 Å². The summed E-state index contributed by atoms with van der Waals surface area (Å²) < 4.78 is 0. The molecular formula is C10H11ClN2O4. The van der Waals surface area contributed by atoms with Crippen molar-refractivity contribution in [2.75, 3.05) is 0 Å². The van der Waals surface area contributed by atoms with Crippen LogP contribution < -0.4 is 5.32 Å². The van der Waals surface area contributed by atoms with E-state index in [2.05, 4.69) is 10.3 Å². The van der Waals surface area contributed by atoms with Crippen molar-refractivity contribution in [2.45, 2.75) is 19.1 Å². The molecule has 0 aromatic carbocycles. The first-order valence-electron chi connectivity index (χ1n) is 4.75. The number of aliphatic hydroxyl groups is 1. The summed E-state index contributed by atoms with van der Waals surface area (Å²) >= 11 is 5.66. The standard InChI is InChI=1S/C10H11ClN2O4/c1-5(14)8(10(16)17)13-9(15)7-4-6(11)2-3-12-7/h2-5,8,14H,1H3,(H,13,15)(H,16,17)/t5-,8+/m1/s1. The quantitative estimate of drug-likeness (QED) is 0.721. The van der Waals surface area contributed by atoms with E-state index in [1.165, 1.54) is 25.3 Å². The minimum absolute atomic E-state index is 0.00981. The van der Waals surface area contributed by atoms with E-state index in [1.54, 1.807) is 0 Å². The van der Waals surface area contributed by atoms with Crippen molar-refractivity contribution < 1.29 is 19.8 Å². The number of carbonyl (C=O) groups is 2. The van der Waals surface area contributed by atoms with Gasteiger partial charge >= 0.3 is 5.97 Å². The van der Waals surface area contributed by atoms with Crippen LogP contribution in [0.5, 0.6) is 0 Å². The fourth-order valence-corrected chi connectivity index (χ4v) is 1.29. The van der Waals surface area contributed by atoms with Crippen LogP contribution in [0.2, 0.25) is 5.02 Å². The fraction of sp³-hybridized carbons (Fsp3) is 0.300. The largest absolute Gasteiger partial charge is 0.480 e. The Morgan fingerprint density at radius 1 is 1.53 bits per heavy atom. The predicted molar refractivity (Wildman–Crippen MR) is 59.8 cm³/mol. The van der Waals surface area contributed by atoms with Gasteiger partial charge in [0.25, 0.3) is 5.91 Å².